The number of carboxylic acid groups (broad SMARTS) is 1. The molecule has 0 aromatic heterocycles. The first kappa shape index (κ1) is 32.7. The minimum Gasteiger partial charge on any atom is -0.496 e. The van der Waals surface area contributed by atoms with E-state index < -0.39 is 35.7 Å². The van der Waals surface area contributed by atoms with Gasteiger partial charge in [-0.1, -0.05) is 39.0 Å². The number of benzene rings is 2. The summed E-state index contributed by atoms with van der Waals surface area (Å²) in [6.07, 6.45) is 1.01. The number of hydrogen-bond donors (Lipinski definition) is 4. The standard InChI is InChI=1S/C36H48N2O8/c1-18-26-13-23(36(26,5)6)14-27(18)37-33(41)30-29(19(2)40)28(17-39)46-38(30)16-20-9-8-10-24(31(20)44-7)21-11-22-15-35(3,4)45-32(22)25(12-21)34(42)43/h8-12,18-19,23,26-30,39-40H,13-17H2,1-7H3,(H,37,41)(H,42,43)/t18-,19-,23+,26-,27-,28-,29+,30-/m0/s1. The number of nitrogens with one attached hydrogen (secondary N) is 1. The van der Waals surface area contributed by atoms with Crippen molar-refractivity contribution in [1.82, 2.24) is 10.4 Å². The van der Waals surface area contributed by atoms with Gasteiger partial charge in [0.15, 0.2) is 0 Å². The third-order valence-corrected chi connectivity index (χ3v) is 11.4. The predicted octanol–water partition coefficient (Wildman–Crippen LogP) is 4.43. The van der Waals surface area contributed by atoms with Crippen LogP contribution in [0.3, 0.4) is 0 Å². The van der Waals surface area contributed by atoms with Crippen molar-refractivity contribution in [3.05, 3.63) is 47.0 Å². The molecule has 0 radical (unpaired) electrons. The van der Waals surface area contributed by atoms with Gasteiger partial charge in [-0.2, -0.15) is 5.06 Å². The van der Waals surface area contributed by atoms with Gasteiger partial charge in [0.2, 0.25) is 5.91 Å². The fourth-order valence-corrected chi connectivity index (χ4v) is 8.86. The fraction of sp³-hybridized carbons (Fsp3) is 0.611. The zero-order chi connectivity index (χ0) is 33.3. The van der Waals surface area contributed by atoms with Crippen molar-refractivity contribution < 1.29 is 39.2 Å². The molecule has 46 heavy (non-hydrogen) atoms. The Morgan fingerprint density at radius 3 is 2.52 bits per heavy atom. The van der Waals surface area contributed by atoms with Gasteiger partial charge in [0, 0.05) is 29.5 Å². The van der Waals surface area contributed by atoms with E-state index in [9.17, 15) is 24.9 Å². The molecule has 4 fully saturated rings. The molecule has 2 bridgehead atoms. The summed E-state index contributed by atoms with van der Waals surface area (Å²) in [7, 11) is 1.56. The predicted molar refractivity (Wildman–Crippen MR) is 171 cm³/mol. The van der Waals surface area contributed by atoms with Crippen LogP contribution in [0.15, 0.2) is 30.3 Å². The monoisotopic (exact) mass is 636 g/mol. The van der Waals surface area contributed by atoms with Gasteiger partial charge in [0.05, 0.1) is 26.4 Å². The number of hydrogen-bond acceptors (Lipinski definition) is 8. The van der Waals surface area contributed by atoms with Crippen LogP contribution < -0.4 is 14.8 Å². The van der Waals surface area contributed by atoms with Gasteiger partial charge in [-0.05, 0) is 80.0 Å². The summed E-state index contributed by atoms with van der Waals surface area (Å²) in [5.41, 5.74) is 2.75. The highest BCUT2D eigenvalue weighted by Crippen LogP contribution is 2.61. The van der Waals surface area contributed by atoms with Crippen molar-refractivity contribution in [2.45, 2.75) is 97.2 Å². The van der Waals surface area contributed by atoms with E-state index in [1.165, 1.54) is 6.42 Å². The van der Waals surface area contributed by atoms with Gasteiger partial charge < -0.3 is 30.1 Å². The van der Waals surface area contributed by atoms with E-state index in [0.29, 0.717) is 52.4 Å². The minimum absolute atomic E-state index is 0.0315. The SMILES string of the molecule is COc1c(CN2O[C@@H](CO)[C@@H]([C@H](C)O)[C@H]2C(=O)N[C@H]2C[C@H]3C[C@@H]([C@@H]2C)C3(C)C)cccc1-c1cc2c(c(C(=O)O)c1)OC(C)(C)C2. The van der Waals surface area contributed by atoms with Crippen molar-refractivity contribution >= 4 is 11.9 Å². The molecule has 0 spiro atoms. The number of methoxy groups -OCH3 is 1. The van der Waals surface area contributed by atoms with E-state index in [4.69, 9.17) is 14.3 Å². The third kappa shape index (κ3) is 5.47. The number of ether oxygens (including phenoxy) is 2. The first-order valence-corrected chi connectivity index (χ1v) is 16.4. The molecule has 7 rings (SSSR count). The van der Waals surface area contributed by atoms with E-state index >= 15 is 0 Å². The molecule has 2 aromatic rings. The number of aliphatic hydroxyl groups excluding tert-OH is 2. The van der Waals surface area contributed by atoms with Crippen molar-refractivity contribution in [1.29, 1.82) is 0 Å². The molecule has 5 aliphatic rings. The summed E-state index contributed by atoms with van der Waals surface area (Å²) < 4.78 is 11.9. The molecule has 3 saturated carbocycles. The molecule has 2 aliphatic heterocycles. The lowest BCUT2D eigenvalue weighted by atomic mass is 9.45. The molecule has 1 amide bonds. The molecule has 1 saturated heterocycles. The zero-order valence-electron chi connectivity index (χ0n) is 27.9. The Balaban J connectivity index is 1.31. The van der Waals surface area contributed by atoms with Crippen molar-refractivity contribution in [3.8, 4) is 22.6 Å². The lowest BCUT2D eigenvalue weighted by Gasteiger charge is -2.62. The number of para-hydroxylation sites is 1. The molecule has 0 unspecified atom stereocenters. The van der Waals surface area contributed by atoms with Crippen molar-refractivity contribution in [2.24, 2.45) is 29.1 Å². The van der Waals surface area contributed by atoms with Crippen LogP contribution in [-0.2, 0) is 22.6 Å². The summed E-state index contributed by atoms with van der Waals surface area (Å²) in [5, 5.41) is 36.0. The van der Waals surface area contributed by atoms with Gasteiger partial charge in [-0.3, -0.25) is 9.63 Å². The number of nitrogens with zero attached hydrogens (tertiary/aromatic N) is 1. The Morgan fingerprint density at radius 1 is 1.17 bits per heavy atom. The van der Waals surface area contributed by atoms with Crippen LogP contribution in [-0.4, -0.2) is 75.9 Å². The number of hydroxylamine groups is 2. The number of amides is 1. The average molecular weight is 637 g/mol. The number of carboxylic acids is 1. The van der Waals surface area contributed by atoms with Crippen LogP contribution in [0.25, 0.3) is 11.1 Å². The number of aliphatic hydroxyl groups is 2. The minimum atomic E-state index is -1.07. The number of aromatic carboxylic acids is 1. The molecule has 10 heteroatoms. The third-order valence-electron chi connectivity index (χ3n) is 11.4. The Hall–Kier alpha value is -3.18. The van der Waals surface area contributed by atoms with Gasteiger partial charge in [-0.25, -0.2) is 4.79 Å². The van der Waals surface area contributed by atoms with Crippen LogP contribution >= 0.6 is 0 Å². The smallest absolute Gasteiger partial charge is 0.339 e. The highest BCUT2D eigenvalue weighted by molar-refractivity contribution is 5.94. The molecule has 10 nitrogen and oxygen atoms in total. The van der Waals surface area contributed by atoms with E-state index in [1.807, 2.05) is 38.1 Å². The van der Waals surface area contributed by atoms with Gasteiger partial charge >= 0.3 is 5.97 Å². The normalized spacial score (nSPS) is 31.4. The average Bonchev–Trinajstić information content (AvgIpc) is 3.52. The van der Waals surface area contributed by atoms with Crippen LogP contribution in [0.4, 0.5) is 0 Å². The molecule has 2 aromatic carbocycles. The highest BCUT2D eigenvalue weighted by atomic mass is 16.7. The molecular formula is C36H48N2O8. The van der Waals surface area contributed by atoms with Gasteiger partial charge in [0.1, 0.15) is 34.8 Å². The first-order chi connectivity index (χ1) is 21.7. The lowest BCUT2D eigenvalue weighted by molar-refractivity contribution is -0.183. The maximum atomic E-state index is 14.1. The quantitative estimate of drug-likeness (QED) is 0.315. The van der Waals surface area contributed by atoms with E-state index in [0.717, 1.165) is 12.0 Å². The van der Waals surface area contributed by atoms with Crippen LogP contribution in [0.1, 0.15) is 75.9 Å². The van der Waals surface area contributed by atoms with Crippen LogP contribution in [0, 0.1) is 29.1 Å². The zero-order valence-corrected chi connectivity index (χ0v) is 27.9. The molecule has 4 N–H and O–H groups in total. The number of rotatable bonds is 9. The number of carbonyl (C=O) groups excluding carboxylic acids is 1. The van der Waals surface area contributed by atoms with Crippen LogP contribution in [0.2, 0.25) is 0 Å². The van der Waals surface area contributed by atoms with Crippen LogP contribution in [0.5, 0.6) is 11.5 Å². The van der Waals surface area contributed by atoms with Crippen molar-refractivity contribution in [3.63, 3.8) is 0 Å². The topological polar surface area (TPSA) is 138 Å². The second-order valence-corrected chi connectivity index (χ2v) is 15.1. The van der Waals surface area contributed by atoms with Crippen molar-refractivity contribution in [2.75, 3.05) is 13.7 Å². The Morgan fingerprint density at radius 2 is 1.91 bits per heavy atom. The largest absolute Gasteiger partial charge is 0.496 e. The Labute approximate surface area is 271 Å². The fourth-order valence-electron chi connectivity index (χ4n) is 8.86. The summed E-state index contributed by atoms with van der Waals surface area (Å²) in [6.45, 7) is 12.1. The highest BCUT2D eigenvalue weighted by Gasteiger charge is 2.57. The molecule has 250 valence electrons. The molecular weight excluding hydrogens is 588 g/mol. The van der Waals surface area contributed by atoms with Gasteiger partial charge in [0.25, 0.3) is 0 Å². The molecule has 2 heterocycles. The maximum Gasteiger partial charge on any atom is 0.339 e. The summed E-state index contributed by atoms with van der Waals surface area (Å²) >= 11 is 0. The van der Waals surface area contributed by atoms with E-state index in [-0.39, 0.29) is 36.1 Å². The Bertz CT molecular complexity index is 1520. The summed E-state index contributed by atoms with van der Waals surface area (Å²) in [5.74, 6) is 0.412. The summed E-state index contributed by atoms with van der Waals surface area (Å²) in [4.78, 5) is 32.5. The first-order valence-electron chi connectivity index (χ1n) is 16.4. The van der Waals surface area contributed by atoms with E-state index in [2.05, 4.69) is 26.1 Å². The Kier molecular flexibility index (Phi) is 8.41. The number of fused-ring (bicyclic) bond motifs is 3. The van der Waals surface area contributed by atoms with E-state index in [1.54, 1.807) is 25.2 Å². The summed E-state index contributed by atoms with van der Waals surface area (Å²) in [6, 6.07) is 8.35. The number of carbonyl (C=O) groups is 2. The second kappa shape index (κ2) is 11.8. The second-order valence-electron chi connectivity index (χ2n) is 15.1. The van der Waals surface area contributed by atoms with Gasteiger partial charge in [-0.15, -0.1) is 0 Å². The molecule has 3 aliphatic carbocycles. The molecule has 8 atom stereocenters. The lowest BCUT2D eigenvalue weighted by Crippen LogP contribution is -2.62. The maximum absolute atomic E-state index is 14.1.